The summed E-state index contributed by atoms with van der Waals surface area (Å²) in [5.41, 5.74) is 8.56. The van der Waals surface area contributed by atoms with Gasteiger partial charge in [-0.1, -0.05) is 32.9 Å². The minimum Gasteiger partial charge on any atom is -0.399 e. The van der Waals surface area contributed by atoms with Crippen LogP contribution in [-0.2, 0) is 0 Å². The summed E-state index contributed by atoms with van der Waals surface area (Å²) < 4.78 is 0. The fourth-order valence-corrected chi connectivity index (χ4v) is 3.06. The summed E-state index contributed by atoms with van der Waals surface area (Å²) in [6.07, 6.45) is 5.43. The van der Waals surface area contributed by atoms with E-state index in [1.54, 1.807) is 0 Å². The molecular formula is C16H25N. The van der Waals surface area contributed by atoms with Crippen molar-refractivity contribution in [2.45, 2.75) is 52.4 Å². The smallest absolute Gasteiger partial charge is 0.0314 e. The molecule has 0 saturated heterocycles. The maximum absolute atomic E-state index is 5.74. The van der Waals surface area contributed by atoms with Crippen LogP contribution in [0.4, 0.5) is 5.69 Å². The topological polar surface area (TPSA) is 26.0 Å². The van der Waals surface area contributed by atoms with E-state index in [0.29, 0.717) is 5.41 Å². The number of hydrogen-bond acceptors (Lipinski definition) is 1. The third-order valence-electron chi connectivity index (χ3n) is 4.36. The summed E-state index contributed by atoms with van der Waals surface area (Å²) in [5, 5.41) is 0. The second-order valence-electron chi connectivity index (χ2n) is 6.58. The lowest BCUT2D eigenvalue weighted by atomic mass is 9.69. The average Bonchev–Trinajstić information content (AvgIpc) is 2.29. The quantitative estimate of drug-likeness (QED) is 0.703. The Morgan fingerprint density at radius 2 is 1.47 bits per heavy atom. The highest BCUT2D eigenvalue weighted by molar-refractivity contribution is 5.40. The van der Waals surface area contributed by atoms with Crippen molar-refractivity contribution in [1.29, 1.82) is 0 Å². The molecule has 0 aliphatic heterocycles. The maximum atomic E-state index is 5.74. The van der Waals surface area contributed by atoms with E-state index in [9.17, 15) is 0 Å². The van der Waals surface area contributed by atoms with Crippen LogP contribution in [0.25, 0.3) is 0 Å². The molecule has 1 saturated carbocycles. The van der Waals surface area contributed by atoms with Gasteiger partial charge in [0.1, 0.15) is 0 Å². The van der Waals surface area contributed by atoms with E-state index in [-0.39, 0.29) is 0 Å². The molecule has 1 heteroatoms. The van der Waals surface area contributed by atoms with Crippen molar-refractivity contribution >= 4 is 5.69 Å². The van der Waals surface area contributed by atoms with Gasteiger partial charge in [0.15, 0.2) is 0 Å². The highest BCUT2D eigenvalue weighted by Crippen LogP contribution is 2.43. The molecule has 0 amide bonds. The fourth-order valence-electron chi connectivity index (χ4n) is 3.06. The summed E-state index contributed by atoms with van der Waals surface area (Å²) >= 11 is 0. The molecule has 1 aromatic rings. The predicted molar refractivity (Wildman–Crippen MR) is 75.0 cm³/mol. The molecule has 0 unspecified atom stereocenters. The van der Waals surface area contributed by atoms with Gasteiger partial charge in [-0.25, -0.2) is 0 Å². The Morgan fingerprint density at radius 1 is 0.941 bits per heavy atom. The monoisotopic (exact) mass is 231 g/mol. The molecule has 2 rings (SSSR count). The third-order valence-corrected chi connectivity index (χ3v) is 4.36. The van der Waals surface area contributed by atoms with Crippen molar-refractivity contribution in [1.82, 2.24) is 0 Å². The van der Waals surface area contributed by atoms with Crippen LogP contribution in [0.3, 0.4) is 0 Å². The van der Waals surface area contributed by atoms with Crippen LogP contribution in [0.2, 0.25) is 0 Å². The summed E-state index contributed by atoms with van der Waals surface area (Å²) in [7, 11) is 0. The Balaban J connectivity index is 1.97. The van der Waals surface area contributed by atoms with Gasteiger partial charge in [-0.3, -0.25) is 0 Å². The Hall–Kier alpha value is -0.980. The normalized spacial score (nSPS) is 25.8. The summed E-state index contributed by atoms with van der Waals surface area (Å²) in [6, 6.07) is 8.48. The first-order chi connectivity index (χ1) is 7.97. The highest BCUT2D eigenvalue weighted by Gasteiger charge is 2.29. The third kappa shape index (κ3) is 3.02. The largest absolute Gasteiger partial charge is 0.399 e. The van der Waals surface area contributed by atoms with Crippen molar-refractivity contribution in [3.63, 3.8) is 0 Å². The molecule has 0 heterocycles. The van der Waals surface area contributed by atoms with E-state index in [1.807, 2.05) is 12.1 Å². The number of hydrogen-bond donors (Lipinski definition) is 1. The van der Waals surface area contributed by atoms with Crippen LogP contribution in [0.5, 0.6) is 0 Å². The van der Waals surface area contributed by atoms with E-state index >= 15 is 0 Å². The molecule has 1 fully saturated rings. The van der Waals surface area contributed by atoms with E-state index in [2.05, 4.69) is 32.9 Å². The standard InChI is InChI=1S/C16H25N/c1-16(2,3)14-8-4-12(5-9-14)13-6-10-15(17)11-7-13/h6-7,10-12,14H,4-5,8-9,17H2,1-3H3. The van der Waals surface area contributed by atoms with Crippen LogP contribution < -0.4 is 5.73 Å². The molecule has 1 aliphatic rings. The Labute approximate surface area is 105 Å². The number of rotatable bonds is 1. The molecule has 17 heavy (non-hydrogen) atoms. The van der Waals surface area contributed by atoms with Gasteiger partial charge in [-0.15, -0.1) is 0 Å². The Kier molecular flexibility index (Phi) is 3.46. The first-order valence-electron chi connectivity index (χ1n) is 6.82. The molecule has 1 aromatic carbocycles. The zero-order valence-electron chi connectivity index (χ0n) is 11.4. The predicted octanol–water partition coefficient (Wildman–Crippen LogP) is 4.59. The van der Waals surface area contributed by atoms with Gasteiger partial charge in [0.2, 0.25) is 0 Å². The first-order valence-corrected chi connectivity index (χ1v) is 6.82. The molecule has 2 N–H and O–H groups in total. The lowest BCUT2D eigenvalue weighted by molar-refractivity contribution is 0.169. The first kappa shape index (κ1) is 12.5. The van der Waals surface area contributed by atoms with Crippen LogP contribution in [0.1, 0.15) is 57.9 Å². The zero-order valence-corrected chi connectivity index (χ0v) is 11.4. The van der Waals surface area contributed by atoms with Crippen molar-refractivity contribution in [3.05, 3.63) is 29.8 Å². The lowest BCUT2D eigenvalue weighted by Crippen LogP contribution is -2.25. The second-order valence-corrected chi connectivity index (χ2v) is 6.58. The SMILES string of the molecule is CC(C)(C)C1CCC(c2ccc(N)cc2)CC1. The number of nitrogens with two attached hydrogens (primary N) is 1. The molecule has 94 valence electrons. The van der Waals surface area contributed by atoms with Crippen molar-refractivity contribution in [2.24, 2.45) is 11.3 Å². The molecule has 1 aliphatic carbocycles. The number of benzene rings is 1. The molecule has 0 atom stereocenters. The van der Waals surface area contributed by atoms with E-state index in [1.165, 1.54) is 31.2 Å². The highest BCUT2D eigenvalue weighted by atomic mass is 14.5. The zero-order chi connectivity index (χ0) is 12.5. The second kappa shape index (κ2) is 4.72. The summed E-state index contributed by atoms with van der Waals surface area (Å²) in [6.45, 7) is 7.13. The van der Waals surface area contributed by atoms with Crippen molar-refractivity contribution in [3.8, 4) is 0 Å². The minimum absolute atomic E-state index is 0.478. The van der Waals surface area contributed by atoms with Gasteiger partial charge in [-0.05, 0) is 60.6 Å². The van der Waals surface area contributed by atoms with E-state index in [4.69, 9.17) is 5.73 Å². The van der Waals surface area contributed by atoms with E-state index in [0.717, 1.165) is 17.5 Å². The minimum atomic E-state index is 0.478. The van der Waals surface area contributed by atoms with Gasteiger partial charge in [0.05, 0.1) is 0 Å². The Bertz CT molecular complexity index is 350. The molecule has 0 spiro atoms. The number of anilines is 1. The van der Waals surface area contributed by atoms with Gasteiger partial charge in [0, 0.05) is 5.69 Å². The molecule has 0 bridgehead atoms. The van der Waals surface area contributed by atoms with Crippen LogP contribution >= 0.6 is 0 Å². The van der Waals surface area contributed by atoms with Crippen molar-refractivity contribution < 1.29 is 0 Å². The van der Waals surface area contributed by atoms with Crippen LogP contribution in [-0.4, -0.2) is 0 Å². The summed E-state index contributed by atoms with van der Waals surface area (Å²) in [5.74, 6) is 1.65. The van der Waals surface area contributed by atoms with Gasteiger partial charge >= 0.3 is 0 Å². The molecule has 1 nitrogen and oxygen atoms in total. The van der Waals surface area contributed by atoms with Gasteiger partial charge in [0.25, 0.3) is 0 Å². The van der Waals surface area contributed by atoms with E-state index < -0.39 is 0 Å². The maximum Gasteiger partial charge on any atom is 0.0314 e. The molecule has 0 radical (unpaired) electrons. The number of nitrogen functional groups attached to an aromatic ring is 1. The summed E-state index contributed by atoms with van der Waals surface area (Å²) in [4.78, 5) is 0. The van der Waals surface area contributed by atoms with Crippen molar-refractivity contribution in [2.75, 3.05) is 5.73 Å². The molecular weight excluding hydrogens is 206 g/mol. The Morgan fingerprint density at radius 3 is 1.94 bits per heavy atom. The van der Waals surface area contributed by atoms with Crippen LogP contribution in [0.15, 0.2) is 24.3 Å². The molecule has 0 aromatic heterocycles. The fraction of sp³-hybridized carbons (Fsp3) is 0.625. The van der Waals surface area contributed by atoms with Gasteiger partial charge in [-0.2, -0.15) is 0 Å². The lowest BCUT2D eigenvalue weighted by Gasteiger charge is -2.37. The average molecular weight is 231 g/mol. The van der Waals surface area contributed by atoms with Gasteiger partial charge < -0.3 is 5.73 Å². The van der Waals surface area contributed by atoms with Crippen LogP contribution in [0, 0.1) is 11.3 Å².